The smallest absolute Gasteiger partial charge is 0.306 e. The van der Waals surface area contributed by atoms with Gasteiger partial charge in [0.1, 0.15) is 5.76 Å². The summed E-state index contributed by atoms with van der Waals surface area (Å²) in [5.74, 6) is -1.11. The SMILES string of the molecule is COC(=O)C[C@H](c1ccncc1)c1oc(CN2CCc3ccccc3C2)cc(=O)c1O. The van der Waals surface area contributed by atoms with E-state index in [4.69, 9.17) is 9.15 Å². The number of carbonyl (C=O) groups excluding carboxylic acids is 1. The number of aromatic nitrogens is 1. The molecule has 3 aromatic rings. The van der Waals surface area contributed by atoms with Crippen molar-refractivity contribution in [2.45, 2.75) is 31.8 Å². The molecule has 7 heteroatoms. The minimum Gasteiger partial charge on any atom is -0.502 e. The standard InChI is InChI=1S/C24H24N2O5/c1-30-22(28)13-20(17-6-9-25-10-7-17)24-23(29)21(27)12-19(31-24)15-26-11-8-16-4-2-3-5-18(16)14-26/h2-7,9-10,12,20,29H,8,11,13-15H2,1H3/t20-/m1/s1. The molecular formula is C24H24N2O5. The summed E-state index contributed by atoms with van der Waals surface area (Å²) < 4.78 is 10.8. The fourth-order valence-corrected chi connectivity index (χ4v) is 3.99. The molecule has 0 spiro atoms. The first-order valence-electron chi connectivity index (χ1n) is 10.2. The highest BCUT2D eigenvalue weighted by Crippen LogP contribution is 2.33. The molecule has 1 atom stereocenters. The molecule has 1 aromatic carbocycles. The van der Waals surface area contributed by atoms with Crippen LogP contribution < -0.4 is 5.43 Å². The van der Waals surface area contributed by atoms with Gasteiger partial charge in [0.15, 0.2) is 5.76 Å². The van der Waals surface area contributed by atoms with Gasteiger partial charge in [0, 0.05) is 31.5 Å². The lowest BCUT2D eigenvalue weighted by Crippen LogP contribution is -2.30. The lowest BCUT2D eigenvalue weighted by molar-refractivity contribution is -0.140. The molecule has 0 bridgehead atoms. The van der Waals surface area contributed by atoms with Crippen LogP contribution in [0.15, 0.2) is 64.1 Å². The fourth-order valence-electron chi connectivity index (χ4n) is 3.99. The first-order valence-corrected chi connectivity index (χ1v) is 10.2. The molecule has 2 aromatic heterocycles. The molecule has 0 unspecified atom stereocenters. The van der Waals surface area contributed by atoms with Gasteiger partial charge in [0.2, 0.25) is 11.2 Å². The minimum atomic E-state index is -0.662. The number of hydrogen-bond acceptors (Lipinski definition) is 7. The second-order valence-electron chi connectivity index (χ2n) is 7.63. The first-order chi connectivity index (χ1) is 15.0. The van der Waals surface area contributed by atoms with Gasteiger partial charge in [-0.1, -0.05) is 24.3 Å². The predicted octanol–water partition coefficient (Wildman–Crippen LogP) is 2.99. The van der Waals surface area contributed by atoms with Crippen molar-refractivity contribution in [2.24, 2.45) is 0 Å². The third kappa shape index (κ3) is 4.67. The van der Waals surface area contributed by atoms with Gasteiger partial charge >= 0.3 is 5.97 Å². The van der Waals surface area contributed by atoms with Gasteiger partial charge in [-0.15, -0.1) is 0 Å². The Morgan fingerprint density at radius 2 is 1.97 bits per heavy atom. The summed E-state index contributed by atoms with van der Waals surface area (Å²) in [7, 11) is 1.30. The Morgan fingerprint density at radius 1 is 1.23 bits per heavy atom. The molecule has 0 fully saturated rings. The van der Waals surface area contributed by atoms with Gasteiger partial charge in [-0.05, 0) is 35.2 Å². The van der Waals surface area contributed by atoms with Crippen molar-refractivity contribution < 1.29 is 19.1 Å². The Morgan fingerprint density at radius 3 is 2.71 bits per heavy atom. The number of carbonyl (C=O) groups is 1. The molecule has 1 aliphatic rings. The van der Waals surface area contributed by atoms with Crippen LogP contribution in [0.2, 0.25) is 0 Å². The number of pyridine rings is 1. The van der Waals surface area contributed by atoms with E-state index < -0.39 is 23.1 Å². The lowest BCUT2D eigenvalue weighted by Gasteiger charge is -2.28. The van der Waals surface area contributed by atoms with Crippen LogP contribution in [0.5, 0.6) is 5.75 Å². The van der Waals surface area contributed by atoms with E-state index in [1.54, 1.807) is 24.5 Å². The summed E-state index contributed by atoms with van der Waals surface area (Å²) >= 11 is 0. The average Bonchev–Trinajstić information content (AvgIpc) is 2.80. The lowest BCUT2D eigenvalue weighted by atomic mass is 9.93. The Labute approximate surface area is 179 Å². The zero-order valence-electron chi connectivity index (χ0n) is 17.3. The number of esters is 1. The van der Waals surface area contributed by atoms with Crippen LogP contribution >= 0.6 is 0 Å². The maximum Gasteiger partial charge on any atom is 0.306 e. The van der Waals surface area contributed by atoms with E-state index in [1.807, 2.05) is 12.1 Å². The number of ether oxygens (including phenoxy) is 1. The highest BCUT2D eigenvalue weighted by molar-refractivity contribution is 5.71. The fraction of sp³-hybridized carbons (Fsp3) is 0.292. The number of benzene rings is 1. The van der Waals surface area contributed by atoms with Gasteiger partial charge in [0.05, 0.1) is 26.0 Å². The van der Waals surface area contributed by atoms with E-state index in [0.29, 0.717) is 17.9 Å². The summed E-state index contributed by atoms with van der Waals surface area (Å²) in [6.07, 6.45) is 4.03. The van der Waals surface area contributed by atoms with Crippen LogP contribution in [-0.4, -0.2) is 34.6 Å². The summed E-state index contributed by atoms with van der Waals surface area (Å²) in [6.45, 7) is 2.02. The Kier molecular flexibility index (Phi) is 6.13. The molecule has 7 nitrogen and oxygen atoms in total. The first kappa shape index (κ1) is 20.8. The molecule has 1 aliphatic heterocycles. The zero-order valence-corrected chi connectivity index (χ0v) is 17.3. The van der Waals surface area contributed by atoms with Crippen LogP contribution in [0, 0.1) is 0 Å². The van der Waals surface area contributed by atoms with Crippen molar-refractivity contribution in [1.82, 2.24) is 9.88 Å². The van der Waals surface area contributed by atoms with Crippen LogP contribution in [0.4, 0.5) is 0 Å². The number of aromatic hydroxyl groups is 1. The topological polar surface area (TPSA) is 92.9 Å². The molecule has 0 saturated carbocycles. The summed E-state index contributed by atoms with van der Waals surface area (Å²) in [4.78, 5) is 30.8. The molecule has 3 heterocycles. The Bertz CT molecular complexity index is 1130. The van der Waals surface area contributed by atoms with Crippen molar-refractivity contribution >= 4 is 5.97 Å². The van der Waals surface area contributed by atoms with Gasteiger partial charge in [-0.25, -0.2) is 0 Å². The van der Waals surface area contributed by atoms with Crippen molar-refractivity contribution in [2.75, 3.05) is 13.7 Å². The molecular weight excluding hydrogens is 396 g/mol. The van der Waals surface area contributed by atoms with E-state index in [9.17, 15) is 14.7 Å². The monoisotopic (exact) mass is 420 g/mol. The van der Waals surface area contributed by atoms with E-state index in [0.717, 1.165) is 19.5 Å². The second kappa shape index (κ2) is 9.14. The minimum absolute atomic E-state index is 0.0662. The quantitative estimate of drug-likeness (QED) is 0.613. The van der Waals surface area contributed by atoms with Crippen LogP contribution in [-0.2, 0) is 29.0 Å². The zero-order chi connectivity index (χ0) is 21.8. The van der Waals surface area contributed by atoms with E-state index in [-0.39, 0.29) is 12.2 Å². The van der Waals surface area contributed by atoms with Crippen molar-refractivity contribution in [3.63, 3.8) is 0 Å². The van der Waals surface area contributed by atoms with Gasteiger partial charge < -0.3 is 14.3 Å². The van der Waals surface area contributed by atoms with Crippen LogP contribution in [0.1, 0.15) is 40.5 Å². The number of methoxy groups -OCH3 is 1. The highest BCUT2D eigenvalue weighted by atomic mass is 16.5. The Hall–Kier alpha value is -3.45. The molecule has 31 heavy (non-hydrogen) atoms. The maximum absolute atomic E-state index is 12.5. The van der Waals surface area contributed by atoms with Gasteiger partial charge in [-0.2, -0.15) is 0 Å². The van der Waals surface area contributed by atoms with Crippen molar-refractivity contribution in [3.8, 4) is 5.75 Å². The third-order valence-corrected chi connectivity index (χ3v) is 5.61. The van der Waals surface area contributed by atoms with Gasteiger partial charge in [-0.3, -0.25) is 19.5 Å². The molecule has 4 rings (SSSR count). The molecule has 0 amide bonds. The third-order valence-electron chi connectivity index (χ3n) is 5.61. The average molecular weight is 420 g/mol. The number of nitrogens with zero attached hydrogens (tertiary/aromatic N) is 2. The summed E-state index contributed by atoms with van der Waals surface area (Å²) in [5.41, 5.74) is 2.76. The van der Waals surface area contributed by atoms with Crippen molar-refractivity contribution in [3.05, 3.63) is 93.3 Å². The van der Waals surface area contributed by atoms with E-state index in [1.165, 1.54) is 24.3 Å². The second-order valence-corrected chi connectivity index (χ2v) is 7.63. The van der Waals surface area contributed by atoms with Crippen LogP contribution in [0.3, 0.4) is 0 Å². The van der Waals surface area contributed by atoms with E-state index in [2.05, 4.69) is 22.0 Å². The Balaban J connectivity index is 1.65. The van der Waals surface area contributed by atoms with E-state index >= 15 is 0 Å². The molecule has 0 aliphatic carbocycles. The molecule has 160 valence electrons. The van der Waals surface area contributed by atoms with Crippen LogP contribution in [0.25, 0.3) is 0 Å². The maximum atomic E-state index is 12.5. The number of hydrogen-bond donors (Lipinski definition) is 1. The normalized spacial score (nSPS) is 14.6. The largest absolute Gasteiger partial charge is 0.502 e. The highest BCUT2D eigenvalue weighted by Gasteiger charge is 2.27. The number of rotatable bonds is 6. The molecule has 1 N–H and O–H groups in total. The number of fused-ring (bicyclic) bond motifs is 1. The summed E-state index contributed by atoms with van der Waals surface area (Å²) in [6, 6.07) is 13.1. The summed E-state index contributed by atoms with van der Waals surface area (Å²) in [5, 5.41) is 10.5. The molecule has 0 radical (unpaired) electrons. The predicted molar refractivity (Wildman–Crippen MR) is 114 cm³/mol. The van der Waals surface area contributed by atoms with Crippen molar-refractivity contribution in [1.29, 1.82) is 0 Å². The molecule has 0 saturated heterocycles. The van der Waals surface area contributed by atoms with Gasteiger partial charge in [0.25, 0.3) is 0 Å².